The van der Waals surface area contributed by atoms with Gasteiger partial charge in [-0.3, -0.25) is 0 Å². The molecule has 1 heterocycles. The Bertz CT molecular complexity index is 591. The fourth-order valence-electron chi connectivity index (χ4n) is 1.51. The van der Waals surface area contributed by atoms with Gasteiger partial charge in [-0.15, -0.1) is 0 Å². The molecule has 0 atom stereocenters. The molecule has 3 heteroatoms. The van der Waals surface area contributed by atoms with E-state index in [1.165, 1.54) is 13.2 Å². The van der Waals surface area contributed by atoms with E-state index in [1.54, 1.807) is 12.1 Å². The van der Waals surface area contributed by atoms with E-state index in [1.807, 2.05) is 48.6 Å². The highest BCUT2D eigenvalue weighted by molar-refractivity contribution is 5.86. The van der Waals surface area contributed by atoms with Crippen LogP contribution in [-0.2, 0) is 9.53 Å². The molecule has 1 aromatic carbocycles. The van der Waals surface area contributed by atoms with Gasteiger partial charge in [0.1, 0.15) is 11.5 Å². The fraction of sp³-hybridized carbons (Fsp3) is 0.0625. The molecule has 0 fully saturated rings. The summed E-state index contributed by atoms with van der Waals surface area (Å²) in [6.45, 7) is 0. The lowest BCUT2D eigenvalue weighted by Crippen LogP contribution is -1.92. The second kappa shape index (κ2) is 6.40. The number of ether oxygens (including phenoxy) is 1. The van der Waals surface area contributed by atoms with Gasteiger partial charge in [-0.05, 0) is 29.8 Å². The van der Waals surface area contributed by atoms with Crippen molar-refractivity contribution in [3.05, 3.63) is 65.6 Å². The summed E-state index contributed by atoms with van der Waals surface area (Å²) in [5.41, 5.74) is 1.10. The maximum atomic E-state index is 10.9. The number of hydrogen-bond donors (Lipinski definition) is 0. The summed E-state index contributed by atoms with van der Waals surface area (Å²) in [5, 5.41) is 0. The van der Waals surface area contributed by atoms with Crippen molar-refractivity contribution in [1.82, 2.24) is 0 Å². The number of carbonyl (C=O) groups excluding carboxylic acids is 1. The molecule has 0 spiro atoms. The SMILES string of the molecule is COC(=O)/C=C/c1ccc(/C=C/c2ccccc2)o1. The molecule has 0 unspecified atom stereocenters. The van der Waals surface area contributed by atoms with Crippen LogP contribution >= 0.6 is 0 Å². The van der Waals surface area contributed by atoms with Crippen molar-refractivity contribution in [2.24, 2.45) is 0 Å². The van der Waals surface area contributed by atoms with Gasteiger partial charge in [-0.25, -0.2) is 4.79 Å². The summed E-state index contributed by atoms with van der Waals surface area (Å²) in [4.78, 5) is 10.9. The zero-order chi connectivity index (χ0) is 13.5. The molecule has 0 bridgehead atoms. The van der Waals surface area contributed by atoms with E-state index in [-0.39, 0.29) is 0 Å². The Kier molecular flexibility index (Phi) is 4.34. The van der Waals surface area contributed by atoms with Gasteiger partial charge in [0.15, 0.2) is 0 Å². The number of methoxy groups -OCH3 is 1. The third-order valence-electron chi connectivity index (χ3n) is 2.47. The lowest BCUT2D eigenvalue weighted by Gasteiger charge is -1.90. The largest absolute Gasteiger partial charge is 0.466 e. The van der Waals surface area contributed by atoms with Crippen LogP contribution in [0.3, 0.4) is 0 Å². The summed E-state index contributed by atoms with van der Waals surface area (Å²) in [7, 11) is 1.34. The third kappa shape index (κ3) is 4.00. The highest BCUT2D eigenvalue weighted by atomic mass is 16.5. The molecule has 0 saturated heterocycles. The Morgan fingerprint density at radius 1 is 1.00 bits per heavy atom. The molecule has 0 amide bonds. The minimum Gasteiger partial charge on any atom is -0.466 e. The first-order valence-corrected chi connectivity index (χ1v) is 5.87. The van der Waals surface area contributed by atoms with E-state index < -0.39 is 5.97 Å². The zero-order valence-corrected chi connectivity index (χ0v) is 10.6. The van der Waals surface area contributed by atoms with Crippen molar-refractivity contribution in [1.29, 1.82) is 0 Å². The van der Waals surface area contributed by atoms with Crippen LogP contribution in [0.25, 0.3) is 18.2 Å². The van der Waals surface area contributed by atoms with Gasteiger partial charge in [0, 0.05) is 6.08 Å². The van der Waals surface area contributed by atoms with E-state index >= 15 is 0 Å². The van der Waals surface area contributed by atoms with Crippen LogP contribution in [0, 0.1) is 0 Å². The zero-order valence-electron chi connectivity index (χ0n) is 10.6. The van der Waals surface area contributed by atoms with E-state index in [4.69, 9.17) is 4.42 Å². The van der Waals surface area contributed by atoms with Crippen molar-refractivity contribution in [2.45, 2.75) is 0 Å². The first kappa shape index (κ1) is 12.9. The lowest BCUT2D eigenvalue weighted by atomic mass is 10.2. The maximum Gasteiger partial charge on any atom is 0.330 e. The number of rotatable bonds is 4. The standard InChI is InChI=1S/C16H14O3/c1-18-16(17)12-11-15-10-9-14(19-15)8-7-13-5-3-2-4-6-13/h2-12H,1H3/b8-7+,12-11+. The third-order valence-corrected chi connectivity index (χ3v) is 2.47. The first-order chi connectivity index (χ1) is 9.28. The van der Waals surface area contributed by atoms with E-state index in [0.717, 1.165) is 11.3 Å². The topological polar surface area (TPSA) is 39.4 Å². The van der Waals surface area contributed by atoms with Crippen LogP contribution in [0.1, 0.15) is 17.1 Å². The summed E-state index contributed by atoms with van der Waals surface area (Å²) in [6, 6.07) is 13.6. The molecule has 0 saturated carbocycles. The average molecular weight is 254 g/mol. The molecule has 0 radical (unpaired) electrons. The van der Waals surface area contributed by atoms with Crippen molar-refractivity contribution < 1.29 is 13.9 Å². The van der Waals surface area contributed by atoms with E-state index in [2.05, 4.69) is 4.74 Å². The Balaban J connectivity index is 2.03. The highest BCUT2D eigenvalue weighted by Gasteiger charge is 1.97. The molecule has 96 valence electrons. The minimum atomic E-state index is -0.405. The van der Waals surface area contributed by atoms with Crippen molar-refractivity contribution in [2.75, 3.05) is 7.11 Å². The number of carbonyl (C=O) groups is 1. The van der Waals surface area contributed by atoms with Gasteiger partial charge in [0.2, 0.25) is 0 Å². The monoisotopic (exact) mass is 254 g/mol. The van der Waals surface area contributed by atoms with Crippen LogP contribution in [0.2, 0.25) is 0 Å². The molecule has 3 nitrogen and oxygen atoms in total. The average Bonchev–Trinajstić information content (AvgIpc) is 2.91. The Labute approximate surface area is 111 Å². The second-order valence-electron chi connectivity index (χ2n) is 3.84. The molecule has 1 aromatic heterocycles. The van der Waals surface area contributed by atoms with Gasteiger partial charge in [-0.1, -0.05) is 36.4 Å². The quantitative estimate of drug-likeness (QED) is 0.617. The van der Waals surface area contributed by atoms with Crippen LogP contribution < -0.4 is 0 Å². The number of benzene rings is 1. The number of hydrogen-bond acceptors (Lipinski definition) is 3. The molecular formula is C16H14O3. The lowest BCUT2D eigenvalue weighted by molar-refractivity contribution is -0.134. The van der Waals surface area contributed by atoms with Gasteiger partial charge in [0.05, 0.1) is 7.11 Å². The Hall–Kier alpha value is -2.55. The highest BCUT2D eigenvalue weighted by Crippen LogP contribution is 2.13. The van der Waals surface area contributed by atoms with Crippen LogP contribution in [-0.4, -0.2) is 13.1 Å². The molecule has 0 aliphatic carbocycles. The molecule has 0 N–H and O–H groups in total. The summed E-state index contributed by atoms with van der Waals surface area (Å²) in [6.07, 6.45) is 6.74. The van der Waals surface area contributed by atoms with Gasteiger partial charge < -0.3 is 9.15 Å². The van der Waals surface area contributed by atoms with Crippen LogP contribution in [0.5, 0.6) is 0 Å². The molecule has 2 rings (SSSR count). The number of furan rings is 1. The fourth-order valence-corrected chi connectivity index (χ4v) is 1.51. The normalized spacial score (nSPS) is 11.2. The molecule has 19 heavy (non-hydrogen) atoms. The van der Waals surface area contributed by atoms with Gasteiger partial charge in [-0.2, -0.15) is 0 Å². The summed E-state index contributed by atoms with van der Waals surface area (Å²) in [5.74, 6) is 0.934. The Morgan fingerprint density at radius 2 is 1.68 bits per heavy atom. The Morgan fingerprint density at radius 3 is 2.37 bits per heavy atom. The summed E-state index contributed by atoms with van der Waals surface area (Å²) < 4.78 is 10.0. The molecule has 2 aromatic rings. The summed E-state index contributed by atoms with van der Waals surface area (Å²) >= 11 is 0. The molecular weight excluding hydrogens is 240 g/mol. The van der Waals surface area contributed by atoms with Crippen molar-refractivity contribution >= 4 is 24.2 Å². The van der Waals surface area contributed by atoms with Gasteiger partial charge >= 0.3 is 5.97 Å². The van der Waals surface area contributed by atoms with Crippen LogP contribution in [0.4, 0.5) is 0 Å². The second-order valence-corrected chi connectivity index (χ2v) is 3.84. The van der Waals surface area contributed by atoms with Crippen molar-refractivity contribution in [3.63, 3.8) is 0 Å². The van der Waals surface area contributed by atoms with Crippen molar-refractivity contribution in [3.8, 4) is 0 Å². The molecule has 0 aliphatic heterocycles. The van der Waals surface area contributed by atoms with Gasteiger partial charge in [0.25, 0.3) is 0 Å². The number of esters is 1. The predicted octanol–water partition coefficient (Wildman–Crippen LogP) is 3.64. The maximum absolute atomic E-state index is 10.9. The predicted molar refractivity (Wildman–Crippen MR) is 75.1 cm³/mol. The first-order valence-electron chi connectivity index (χ1n) is 5.87. The van der Waals surface area contributed by atoms with E-state index in [0.29, 0.717) is 5.76 Å². The van der Waals surface area contributed by atoms with Crippen LogP contribution in [0.15, 0.2) is 53.0 Å². The van der Waals surface area contributed by atoms with E-state index in [9.17, 15) is 4.79 Å². The minimum absolute atomic E-state index is 0.405. The smallest absolute Gasteiger partial charge is 0.330 e. The molecule has 0 aliphatic rings.